The van der Waals surface area contributed by atoms with Gasteiger partial charge in [-0.05, 0) is 171 Å². The van der Waals surface area contributed by atoms with Crippen molar-refractivity contribution < 1.29 is 8.83 Å². The van der Waals surface area contributed by atoms with E-state index in [0.717, 1.165) is 89.7 Å². The van der Waals surface area contributed by atoms with Crippen molar-refractivity contribution in [3.63, 3.8) is 0 Å². The van der Waals surface area contributed by atoms with Gasteiger partial charge in [0.05, 0.1) is 0 Å². The van der Waals surface area contributed by atoms with Crippen molar-refractivity contribution in [1.29, 1.82) is 0 Å². The average Bonchev–Trinajstić information content (AvgIpc) is 4.22. The summed E-state index contributed by atoms with van der Waals surface area (Å²) in [6.07, 6.45) is 0. The van der Waals surface area contributed by atoms with E-state index in [1.807, 2.05) is 48.5 Å². The maximum absolute atomic E-state index is 6.30. The lowest BCUT2D eigenvalue weighted by atomic mass is 9.81. The number of benzene rings is 11. The molecule has 14 rings (SSSR count). The molecule has 0 saturated heterocycles. The van der Waals surface area contributed by atoms with Gasteiger partial charge in [-0.3, -0.25) is 0 Å². The Morgan fingerprint density at radius 1 is 0.286 bits per heavy atom. The lowest BCUT2D eigenvalue weighted by molar-refractivity contribution is 0.619. The molecule has 0 bridgehead atoms. The number of hydrogen-bond donors (Lipinski definition) is 0. The highest BCUT2D eigenvalue weighted by Gasteiger charge is 2.36. The number of fused-ring (bicyclic) bond motifs is 5. The van der Waals surface area contributed by atoms with Crippen LogP contribution in [0.1, 0.15) is 25.0 Å². The van der Waals surface area contributed by atoms with Crippen molar-refractivity contribution in [2.75, 3.05) is 9.80 Å². The van der Waals surface area contributed by atoms with Crippen LogP contribution >= 0.6 is 0 Å². The van der Waals surface area contributed by atoms with Crippen LogP contribution in [0.25, 0.3) is 89.6 Å². The molecule has 0 fully saturated rings. The quantitative estimate of drug-likeness (QED) is 0.129. The highest BCUT2D eigenvalue weighted by molar-refractivity contribution is 5.90. The first-order valence-corrected chi connectivity index (χ1v) is 26.1. The highest BCUT2D eigenvalue weighted by atomic mass is 16.4. The second-order valence-electron chi connectivity index (χ2n) is 20.2. The molecule has 11 aromatic carbocycles. The molecule has 2 aromatic heterocycles. The van der Waals surface area contributed by atoms with E-state index in [1.165, 1.54) is 33.4 Å². The van der Waals surface area contributed by atoms with Crippen LogP contribution < -0.4 is 9.80 Å². The van der Waals surface area contributed by atoms with E-state index in [1.54, 1.807) is 0 Å². The maximum atomic E-state index is 6.30. The first-order chi connectivity index (χ1) is 37.9. The standard InChI is InChI=1S/C71H50N4O2/c1-71(2)63-45-52(49-33-36-55(37-34-49)74(56-25-13-21-50(41-56)47-17-5-3-6-18-47)58-27-15-23-53(43-58)69-72-65-29-9-11-31-67(65)76-69)35-39-61(63)62-40-38-60(46-64(62)71)75(57-26-14-22-51(42-57)48-19-7-4-8-20-48)59-28-16-24-54(44-59)70-73-66-30-10-12-32-68(66)77-70/h3-46H,1-2H3. The summed E-state index contributed by atoms with van der Waals surface area (Å²) in [5.41, 5.74) is 23.0. The minimum atomic E-state index is -0.297. The molecule has 0 aliphatic heterocycles. The van der Waals surface area contributed by atoms with Gasteiger partial charge >= 0.3 is 0 Å². The predicted molar refractivity (Wildman–Crippen MR) is 316 cm³/mol. The molecular weight excluding hydrogens is 941 g/mol. The average molecular weight is 991 g/mol. The third-order valence-corrected chi connectivity index (χ3v) is 15.1. The molecule has 77 heavy (non-hydrogen) atoms. The highest BCUT2D eigenvalue weighted by Crippen LogP contribution is 2.52. The van der Waals surface area contributed by atoms with Gasteiger partial charge in [-0.1, -0.05) is 166 Å². The molecule has 0 radical (unpaired) electrons. The fourth-order valence-corrected chi connectivity index (χ4v) is 11.2. The molecule has 366 valence electrons. The lowest BCUT2D eigenvalue weighted by Gasteiger charge is -2.28. The molecule has 13 aromatic rings. The number of hydrogen-bond acceptors (Lipinski definition) is 6. The van der Waals surface area contributed by atoms with Crippen LogP contribution in [-0.2, 0) is 5.41 Å². The normalized spacial score (nSPS) is 12.4. The number of para-hydroxylation sites is 4. The number of oxazole rings is 2. The van der Waals surface area contributed by atoms with Gasteiger partial charge < -0.3 is 18.6 Å². The van der Waals surface area contributed by atoms with Gasteiger partial charge in [-0.2, -0.15) is 0 Å². The molecule has 0 saturated carbocycles. The van der Waals surface area contributed by atoms with Crippen LogP contribution in [0.5, 0.6) is 0 Å². The minimum Gasteiger partial charge on any atom is -0.436 e. The summed E-state index contributed by atoms with van der Waals surface area (Å²) in [7, 11) is 0. The summed E-state index contributed by atoms with van der Waals surface area (Å²) < 4.78 is 12.6. The Labute approximate surface area is 447 Å². The number of aromatic nitrogens is 2. The van der Waals surface area contributed by atoms with Crippen LogP contribution in [0.3, 0.4) is 0 Å². The molecule has 0 atom stereocenters. The van der Waals surface area contributed by atoms with Crippen molar-refractivity contribution in [3.8, 4) is 67.4 Å². The molecule has 1 aliphatic carbocycles. The number of anilines is 6. The second kappa shape index (κ2) is 18.7. The molecule has 0 amide bonds. The van der Waals surface area contributed by atoms with Crippen molar-refractivity contribution in [2.45, 2.75) is 19.3 Å². The molecule has 1 aliphatic rings. The zero-order valence-corrected chi connectivity index (χ0v) is 42.5. The van der Waals surface area contributed by atoms with Gasteiger partial charge in [-0.25, -0.2) is 9.97 Å². The fraction of sp³-hybridized carbons (Fsp3) is 0.0423. The summed E-state index contributed by atoms with van der Waals surface area (Å²) >= 11 is 0. The second-order valence-corrected chi connectivity index (χ2v) is 20.2. The molecule has 6 heteroatoms. The van der Waals surface area contributed by atoms with E-state index in [2.05, 4.69) is 242 Å². The molecule has 0 N–H and O–H groups in total. The first-order valence-electron chi connectivity index (χ1n) is 26.1. The fourth-order valence-electron chi connectivity index (χ4n) is 11.2. The zero-order chi connectivity index (χ0) is 51.5. The van der Waals surface area contributed by atoms with E-state index in [0.29, 0.717) is 11.8 Å². The van der Waals surface area contributed by atoms with Gasteiger partial charge in [0, 0.05) is 50.7 Å². The van der Waals surface area contributed by atoms with E-state index in [9.17, 15) is 0 Å². The zero-order valence-electron chi connectivity index (χ0n) is 42.5. The molecule has 0 unspecified atom stereocenters. The summed E-state index contributed by atoms with van der Waals surface area (Å²) in [6, 6.07) is 94.4. The van der Waals surface area contributed by atoms with Gasteiger partial charge in [0.2, 0.25) is 11.8 Å². The lowest BCUT2D eigenvalue weighted by Crippen LogP contribution is -2.16. The minimum absolute atomic E-state index is 0.297. The van der Waals surface area contributed by atoms with E-state index in [-0.39, 0.29) is 5.41 Å². The Balaban J connectivity index is 0.817. The largest absolute Gasteiger partial charge is 0.436 e. The molecular formula is C71H50N4O2. The van der Waals surface area contributed by atoms with Crippen molar-refractivity contribution in [2.24, 2.45) is 0 Å². The Hall–Kier alpha value is -10.0. The van der Waals surface area contributed by atoms with Crippen molar-refractivity contribution in [1.82, 2.24) is 9.97 Å². The van der Waals surface area contributed by atoms with E-state index in [4.69, 9.17) is 18.8 Å². The Morgan fingerprint density at radius 2 is 0.636 bits per heavy atom. The Bertz CT molecular complexity index is 4260. The summed E-state index contributed by atoms with van der Waals surface area (Å²) in [6.45, 7) is 4.72. The predicted octanol–water partition coefficient (Wildman–Crippen LogP) is 19.5. The van der Waals surface area contributed by atoms with Crippen LogP contribution in [-0.4, -0.2) is 9.97 Å². The van der Waals surface area contributed by atoms with Gasteiger partial charge in [0.15, 0.2) is 11.2 Å². The molecule has 0 spiro atoms. The summed E-state index contributed by atoms with van der Waals surface area (Å²) in [5.74, 6) is 1.18. The third kappa shape index (κ3) is 8.33. The number of rotatable bonds is 11. The molecule has 2 heterocycles. The monoisotopic (exact) mass is 990 g/mol. The topological polar surface area (TPSA) is 58.5 Å². The van der Waals surface area contributed by atoms with Crippen LogP contribution in [0.4, 0.5) is 34.1 Å². The van der Waals surface area contributed by atoms with Gasteiger partial charge in [0.1, 0.15) is 11.0 Å². The van der Waals surface area contributed by atoms with Crippen LogP contribution in [0.15, 0.2) is 276 Å². The molecule has 6 nitrogen and oxygen atoms in total. The summed E-state index contributed by atoms with van der Waals surface area (Å²) in [5, 5.41) is 0. The van der Waals surface area contributed by atoms with Crippen LogP contribution in [0, 0.1) is 0 Å². The maximum Gasteiger partial charge on any atom is 0.227 e. The summed E-state index contributed by atoms with van der Waals surface area (Å²) in [4.78, 5) is 14.4. The Kier molecular flexibility index (Phi) is 11.1. The van der Waals surface area contributed by atoms with Gasteiger partial charge in [0.25, 0.3) is 0 Å². The smallest absolute Gasteiger partial charge is 0.227 e. The number of nitrogens with zero attached hydrogens (tertiary/aromatic N) is 4. The first kappa shape index (κ1) is 45.6. The van der Waals surface area contributed by atoms with Crippen molar-refractivity contribution in [3.05, 3.63) is 278 Å². The van der Waals surface area contributed by atoms with E-state index >= 15 is 0 Å². The van der Waals surface area contributed by atoms with Crippen LogP contribution in [0.2, 0.25) is 0 Å². The van der Waals surface area contributed by atoms with Crippen molar-refractivity contribution >= 4 is 56.3 Å². The van der Waals surface area contributed by atoms with E-state index < -0.39 is 0 Å². The Morgan fingerprint density at radius 3 is 1.14 bits per heavy atom. The third-order valence-electron chi connectivity index (χ3n) is 15.1. The SMILES string of the molecule is CC1(C)c2cc(-c3ccc(N(c4cccc(-c5ccccc5)c4)c4cccc(-c5nc6ccccc6o5)c4)cc3)ccc2-c2ccc(N(c3cccc(-c4ccccc4)c3)c3cccc(-c4nc5ccccc5o4)c3)cc21. The van der Waals surface area contributed by atoms with Gasteiger partial charge in [-0.15, -0.1) is 0 Å².